The molecule has 2 rings (SSSR count). The second kappa shape index (κ2) is 6.23. The van der Waals surface area contributed by atoms with Gasteiger partial charge in [-0.05, 0) is 44.9 Å². The SMILES string of the molecule is O=C(O)[C@@H]1CCCCN1C(=O)C1CCC(C(F)(F)F)CC1. The van der Waals surface area contributed by atoms with Crippen LogP contribution in [0.25, 0.3) is 0 Å². The highest BCUT2D eigenvalue weighted by atomic mass is 19.4. The molecule has 0 spiro atoms. The van der Waals surface area contributed by atoms with E-state index >= 15 is 0 Å². The summed E-state index contributed by atoms with van der Waals surface area (Å²) in [6.45, 7) is 0.398. The van der Waals surface area contributed by atoms with Gasteiger partial charge in [-0.3, -0.25) is 4.79 Å². The molecule has 21 heavy (non-hydrogen) atoms. The Morgan fingerprint density at radius 1 is 1.00 bits per heavy atom. The Bertz CT molecular complexity index is 403. The molecule has 1 saturated carbocycles. The zero-order chi connectivity index (χ0) is 15.6. The molecule has 1 aliphatic heterocycles. The average molecular weight is 307 g/mol. The lowest BCUT2D eigenvalue weighted by Crippen LogP contribution is -2.50. The summed E-state index contributed by atoms with van der Waals surface area (Å²) in [7, 11) is 0. The fraction of sp³-hybridized carbons (Fsp3) is 0.857. The highest BCUT2D eigenvalue weighted by molar-refractivity contribution is 5.85. The quantitative estimate of drug-likeness (QED) is 0.853. The van der Waals surface area contributed by atoms with Gasteiger partial charge in [0.15, 0.2) is 0 Å². The van der Waals surface area contributed by atoms with Crippen molar-refractivity contribution in [3.63, 3.8) is 0 Å². The monoisotopic (exact) mass is 307 g/mol. The fourth-order valence-corrected chi connectivity index (χ4v) is 3.35. The number of carbonyl (C=O) groups is 2. The molecule has 2 fully saturated rings. The molecule has 0 unspecified atom stereocenters. The minimum absolute atomic E-state index is 0.0362. The van der Waals surface area contributed by atoms with E-state index in [0.717, 1.165) is 12.8 Å². The van der Waals surface area contributed by atoms with Crippen molar-refractivity contribution in [3.8, 4) is 0 Å². The number of aliphatic carboxylic acids is 1. The van der Waals surface area contributed by atoms with E-state index in [1.807, 2.05) is 0 Å². The topological polar surface area (TPSA) is 57.6 Å². The van der Waals surface area contributed by atoms with Gasteiger partial charge in [-0.1, -0.05) is 0 Å². The number of nitrogens with zero attached hydrogens (tertiary/aromatic N) is 1. The summed E-state index contributed by atoms with van der Waals surface area (Å²) in [5, 5.41) is 9.16. The van der Waals surface area contributed by atoms with E-state index in [4.69, 9.17) is 5.11 Å². The van der Waals surface area contributed by atoms with Gasteiger partial charge in [0.25, 0.3) is 0 Å². The molecule has 1 saturated heterocycles. The van der Waals surface area contributed by atoms with E-state index < -0.39 is 30.0 Å². The van der Waals surface area contributed by atoms with E-state index in [1.165, 1.54) is 4.90 Å². The van der Waals surface area contributed by atoms with Crippen molar-refractivity contribution in [1.29, 1.82) is 0 Å². The number of likely N-dealkylation sites (tertiary alicyclic amines) is 1. The van der Waals surface area contributed by atoms with Crippen molar-refractivity contribution in [2.24, 2.45) is 11.8 Å². The van der Waals surface area contributed by atoms with E-state index in [0.29, 0.717) is 13.0 Å². The molecule has 0 bridgehead atoms. The molecule has 4 nitrogen and oxygen atoms in total. The van der Waals surface area contributed by atoms with Crippen LogP contribution >= 0.6 is 0 Å². The minimum Gasteiger partial charge on any atom is -0.480 e. The largest absolute Gasteiger partial charge is 0.480 e. The summed E-state index contributed by atoms with van der Waals surface area (Å²) in [6, 6.07) is -0.813. The van der Waals surface area contributed by atoms with Crippen molar-refractivity contribution in [2.75, 3.05) is 6.54 Å². The lowest BCUT2D eigenvalue weighted by Gasteiger charge is -2.37. The van der Waals surface area contributed by atoms with Crippen LogP contribution in [0.2, 0.25) is 0 Å². The Hall–Kier alpha value is -1.27. The first kappa shape index (κ1) is 16.1. The number of rotatable bonds is 2. The van der Waals surface area contributed by atoms with Gasteiger partial charge >= 0.3 is 12.1 Å². The molecule has 0 aromatic carbocycles. The van der Waals surface area contributed by atoms with Crippen molar-refractivity contribution >= 4 is 11.9 Å². The molecular weight excluding hydrogens is 287 g/mol. The van der Waals surface area contributed by atoms with Crippen molar-refractivity contribution in [2.45, 2.75) is 57.2 Å². The number of carboxylic acid groups (broad SMARTS) is 1. The molecule has 1 amide bonds. The number of alkyl halides is 3. The fourth-order valence-electron chi connectivity index (χ4n) is 3.35. The van der Waals surface area contributed by atoms with Gasteiger partial charge in [-0.2, -0.15) is 13.2 Å². The van der Waals surface area contributed by atoms with Gasteiger partial charge in [0.05, 0.1) is 5.92 Å². The van der Waals surface area contributed by atoms with Crippen LogP contribution in [0.15, 0.2) is 0 Å². The Morgan fingerprint density at radius 2 is 1.62 bits per heavy atom. The van der Waals surface area contributed by atoms with Gasteiger partial charge in [0.2, 0.25) is 5.91 Å². The molecule has 1 atom stereocenters. The first-order valence-electron chi connectivity index (χ1n) is 7.40. The molecule has 1 N–H and O–H groups in total. The maximum atomic E-state index is 12.6. The highest BCUT2D eigenvalue weighted by Crippen LogP contribution is 2.40. The highest BCUT2D eigenvalue weighted by Gasteiger charge is 2.44. The number of carbonyl (C=O) groups excluding carboxylic acids is 1. The number of hydrogen-bond acceptors (Lipinski definition) is 2. The van der Waals surface area contributed by atoms with Crippen LogP contribution in [0.1, 0.15) is 44.9 Å². The third-order valence-electron chi connectivity index (χ3n) is 4.61. The van der Waals surface area contributed by atoms with Crippen molar-refractivity contribution < 1.29 is 27.9 Å². The molecular formula is C14H20F3NO3. The second-order valence-corrected chi connectivity index (χ2v) is 5.97. The average Bonchev–Trinajstić information content (AvgIpc) is 2.45. The predicted molar refractivity (Wildman–Crippen MR) is 68.5 cm³/mol. The smallest absolute Gasteiger partial charge is 0.391 e. The summed E-state index contributed by atoms with van der Waals surface area (Å²) >= 11 is 0. The maximum absolute atomic E-state index is 12.6. The van der Waals surface area contributed by atoms with E-state index in [1.54, 1.807) is 0 Å². The summed E-state index contributed by atoms with van der Waals surface area (Å²) in [4.78, 5) is 25.0. The van der Waals surface area contributed by atoms with E-state index in [9.17, 15) is 22.8 Å². The Balaban J connectivity index is 1.96. The van der Waals surface area contributed by atoms with Gasteiger partial charge in [-0.25, -0.2) is 4.79 Å². The lowest BCUT2D eigenvalue weighted by atomic mass is 9.80. The first-order chi connectivity index (χ1) is 9.80. The minimum atomic E-state index is -4.19. The number of piperidine rings is 1. The standard InChI is InChI=1S/C14H20F3NO3/c15-14(16,17)10-6-4-9(5-7-10)12(19)18-8-2-1-3-11(18)13(20)21/h9-11H,1-8H2,(H,20,21)/t9?,10?,11-/m0/s1. The summed E-state index contributed by atoms with van der Waals surface area (Å²) in [5.74, 6) is -3.07. The van der Waals surface area contributed by atoms with Gasteiger partial charge in [0.1, 0.15) is 6.04 Å². The van der Waals surface area contributed by atoms with Crippen LogP contribution in [0, 0.1) is 11.8 Å². The number of carboxylic acids is 1. The molecule has 2 aliphatic rings. The van der Waals surface area contributed by atoms with Crippen LogP contribution in [0.3, 0.4) is 0 Å². The van der Waals surface area contributed by atoms with Gasteiger partial charge < -0.3 is 10.0 Å². The molecule has 0 radical (unpaired) electrons. The third kappa shape index (κ3) is 3.68. The van der Waals surface area contributed by atoms with Crippen molar-refractivity contribution in [3.05, 3.63) is 0 Å². The second-order valence-electron chi connectivity index (χ2n) is 5.97. The normalized spacial score (nSPS) is 31.0. The van der Waals surface area contributed by atoms with Crippen LogP contribution in [-0.4, -0.2) is 40.6 Å². The summed E-state index contributed by atoms with van der Waals surface area (Å²) < 4.78 is 37.9. The number of hydrogen-bond donors (Lipinski definition) is 1. The third-order valence-corrected chi connectivity index (χ3v) is 4.61. The first-order valence-corrected chi connectivity index (χ1v) is 7.40. The van der Waals surface area contributed by atoms with E-state index in [2.05, 4.69) is 0 Å². The molecule has 0 aromatic rings. The van der Waals surface area contributed by atoms with Crippen LogP contribution in [0.4, 0.5) is 13.2 Å². The maximum Gasteiger partial charge on any atom is 0.391 e. The number of halogens is 3. The Labute approximate surface area is 121 Å². The zero-order valence-corrected chi connectivity index (χ0v) is 11.7. The van der Waals surface area contributed by atoms with E-state index in [-0.39, 0.29) is 31.6 Å². The predicted octanol–water partition coefficient (Wildman–Crippen LogP) is 2.82. The molecule has 1 heterocycles. The summed E-state index contributed by atoms with van der Waals surface area (Å²) in [6.07, 6.45) is -1.91. The molecule has 1 aliphatic carbocycles. The Kier molecular flexibility index (Phi) is 4.78. The summed E-state index contributed by atoms with van der Waals surface area (Å²) in [5.41, 5.74) is 0. The molecule has 0 aromatic heterocycles. The Morgan fingerprint density at radius 3 is 2.14 bits per heavy atom. The molecule has 7 heteroatoms. The lowest BCUT2D eigenvalue weighted by molar-refractivity contribution is -0.185. The van der Waals surface area contributed by atoms with Crippen LogP contribution in [0.5, 0.6) is 0 Å². The molecule has 120 valence electrons. The van der Waals surface area contributed by atoms with Crippen LogP contribution < -0.4 is 0 Å². The van der Waals surface area contributed by atoms with Crippen LogP contribution in [-0.2, 0) is 9.59 Å². The number of amides is 1. The van der Waals surface area contributed by atoms with Crippen molar-refractivity contribution in [1.82, 2.24) is 4.90 Å². The van der Waals surface area contributed by atoms with Gasteiger partial charge in [-0.15, -0.1) is 0 Å². The zero-order valence-electron chi connectivity index (χ0n) is 11.7. The van der Waals surface area contributed by atoms with Gasteiger partial charge in [0, 0.05) is 12.5 Å².